The molecule has 0 unspecified atom stereocenters. The largest absolute Gasteiger partial charge is 0.514 e. The van der Waals surface area contributed by atoms with Crippen molar-refractivity contribution < 1.29 is 33.5 Å². The molecule has 1 aromatic carbocycles. The van der Waals surface area contributed by atoms with Gasteiger partial charge < -0.3 is 18.9 Å². The molecule has 0 spiro atoms. The molecular formula is C27H31N5O8. The normalized spacial score (nSPS) is 16.8. The summed E-state index contributed by atoms with van der Waals surface area (Å²) in [5, 5.41) is 19.0. The van der Waals surface area contributed by atoms with Gasteiger partial charge in [0, 0.05) is 19.2 Å². The first-order valence-corrected chi connectivity index (χ1v) is 12.9. The number of carbonyl (C=O) groups is 2. The third-order valence-corrected chi connectivity index (χ3v) is 6.40. The molecule has 2 aromatic heterocycles. The van der Waals surface area contributed by atoms with Crippen molar-refractivity contribution in [1.29, 1.82) is 0 Å². The molecule has 40 heavy (non-hydrogen) atoms. The average molecular weight is 554 g/mol. The third-order valence-electron chi connectivity index (χ3n) is 6.40. The number of non-ortho nitro benzene ring substituents is 1. The number of aromatic nitrogens is 4. The Bertz CT molecular complexity index is 1370. The Morgan fingerprint density at radius 2 is 1.90 bits per heavy atom. The first-order valence-electron chi connectivity index (χ1n) is 12.9. The number of hydrogen-bond acceptors (Lipinski definition) is 11. The van der Waals surface area contributed by atoms with Crippen LogP contribution in [0.1, 0.15) is 50.9 Å². The molecule has 0 N–H and O–H groups in total. The number of rotatable bonds is 9. The minimum absolute atomic E-state index is 0.105. The number of aryl methyl sites for hydroxylation is 2. The van der Waals surface area contributed by atoms with Gasteiger partial charge in [0.2, 0.25) is 0 Å². The van der Waals surface area contributed by atoms with Gasteiger partial charge in [-0.25, -0.2) is 14.5 Å². The van der Waals surface area contributed by atoms with Gasteiger partial charge in [0.1, 0.15) is 29.5 Å². The van der Waals surface area contributed by atoms with Gasteiger partial charge >= 0.3 is 12.1 Å². The highest BCUT2D eigenvalue weighted by Gasteiger charge is 2.30. The number of nitro benzene ring substituents is 1. The minimum atomic E-state index is -0.989. The van der Waals surface area contributed by atoms with Crippen LogP contribution in [0, 0.1) is 23.0 Å². The lowest BCUT2D eigenvalue weighted by Crippen LogP contribution is -2.31. The molecule has 2 heterocycles. The van der Waals surface area contributed by atoms with E-state index in [0.29, 0.717) is 34.9 Å². The highest BCUT2D eigenvalue weighted by Crippen LogP contribution is 2.31. The van der Waals surface area contributed by atoms with E-state index in [1.54, 1.807) is 19.2 Å². The molecule has 1 aliphatic carbocycles. The molecular weight excluding hydrogens is 522 g/mol. The molecule has 1 saturated carbocycles. The topological polar surface area (TPSA) is 158 Å². The van der Waals surface area contributed by atoms with E-state index in [-0.39, 0.29) is 42.1 Å². The minimum Gasteiger partial charge on any atom is -0.489 e. The summed E-state index contributed by atoms with van der Waals surface area (Å²) in [6, 6.07) is 8.60. The standard InChI is InChI=1S/C27H31N5O8/c1-16(2)38-26(33)18-6-5-7-21(14-18)39-24-13-12-22(28-17(24)3)25-23(31(4)30-29-25)15-37-27(34)40-20-10-8-19(9-11-20)32(35)36/h8-13,16,18,21H,5-7,14-15H2,1-4H3/t18-,21-/m0/s1. The van der Waals surface area contributed by atoms with Crippen LogP contribution in [-0.4, -0.2) is 49.2 Å². The van der Waals surface area contributed by atoms with Crippen molar-refractivity contribution in [3.05, 3.63) is 57.9 Å². The summed E-state index contributed by atoms with van der Waals surface area (Å²) in [7, 11) is 1.66. The van der Waals surface area contributed by atoms with E-state index in [1.807, 2.05) is 20.8 Å². The van der Waals surface area contributed by atoms with Crippen molar-refractivity contribution in [3.63, 3.8) is 0 Å². The summed E-state index contributed by atoms with van der Waals surface area (Å²) in [6.45, 7) is 5.31. The number of nitrogens with zero attached hydrogens (tertiary/aromatic N) is 5. The third kappa shape index (κ3) is 7.10. The van der Waals surface area contributed by atoms with Crippen LogP contribution in [0.15, 0.2) is 36.4 Å². The maximum atomic E-state index is 12.4. The maximum Gasteiger partial charge on any atom is 0.514 e. The van der Waals surface area contributed by atoms with Gasteiger partial charge in [-0.1, -0.05) is 5.21 Å². The summed E-state index contributed by atoms with van der Waals surface area (Å²) in [4.78, 5) is 39.4. The van der Waals surface area contributed by atoms with Gasteiger partial charge in [0.25, 0.3) is 5.69 Å². The number of nitro groups is 1. The van der Waals surface area contributed by atoms with Crippen LogP contribution in [-0.2, 0) is 27.9 Å². The van der Waals surface area contributed by atoms with E-state index in [1.165, 1.54) is 28.9 Å². The van der Waals surface area contributed by atoms with Crippen molar-refractivity contribution in [3.8, 4) is 22.9 Å². The van der Waals surface area contributed by atoms with Gasteiger partial charge in [-0.05, 0) is 70.7 Å². The quantitative estimate of drug-likeness (QED) is 0.156. The van der Waals surface area contributed by atoms with Crippen molar-refractivity contribution in [2.75, 3.05) is 0 Å². The fourth-order valence-electron chi connectivity index (χ4n) is 4.41. The van der Waals surface area contributed by atoms with E-state index >= 15 is 0 Å². The average Bonchev–Trinajstić information content (AvgIpc) is 3.28. The van der Waals surface area contributed by atoms with Crippen LogP contribution in [0.3, 0.4) is 0 Å². The number of esters is 1. The van der Waals surface area contributed by atoms with Crippen LogP contribution < -0.4 is 9.47 Å². The number of ether oxygens (including phenoxy) is 4. The van der Waals surface area contributed by atoms with Gasteiger partial charge in [0.15, 0.2) is 0 Å². The zero-order valence-electron chi connectivity index (χ0n) is 22.7. The first kappa shape index (κ1) is 28.5. The van der Waals surface area contributed by atoms with Crippen LogP contribution in [0.5, 0.6) is 11.5 Å². The van der Waals surface area contributed by atoms with Crippen molar-refractivity contribution in [2.24, 2.45) is 13.0 Å². The Morgan fingerprint density at radius 1 is 1.15 bits per heavy atom. The molecule has 0 radical (unpaired) electrons. The Kier molecular flexibility index (Phi) is 8.92. The lowest BCUT2D eigenvalue weighted by Gasteiger charge is -2.29. The van der Waals surface area contributed by atoms with Gasteiger partial charge in [-0.2, -0.15) is 0 Å². The van der Waals surface area contributed by atoms with Crippen LogP contribution in [0.4, 0.5) is 10.5 Å². The summed E-state index contributed by atoms with van der Waals surface area (Å²) >= 11 is 0. The fraction of sp³-hybridized carbons (Fsp3) is 0.444. The second-order valence-corrected chi connectivity index (χ2v) is 9.77. The number of pyridine rings is 1. The molecule has 0 aliphatic heterocycles. The molecule has 3 aromatic rings. The molecule has 1 aliphatic rings. The summed E-state index contributed by atoms with van der Waals surface area (Å²) < 4.78 is 23.4. The van der Waals surface area contributed by atoms with Gasteiger partial charge in [-0.3, -0.25) is 14.9 Å². The van der Waals surface area contributed by atoms with E-state index in [4.69, 9.17) is 18.9 Å². The highest BCUT2D eigenvalue weighted by atomic mass is 16.7. The monoisotopic (exact) mass is 553 g/mol. The molecule has 13 nitrogen and oxygen atoms in total. The number of benzene rings is 1. The molecule has 0 bridgehead atoms. The summed E-state index contributed by atoms with van der Waals surface area (Å²) in [5.74, 6) is 0.360. The predicted octanol–water partition coefficient (Wildman–Crippen LogP) is 4.70. The second-order valence-electron chi connectivity index (χ2n) is 9.77. The fourth-order valence-corrected chi connectivity index (χ4v) is 4.41. The Labute approximate surface area is 230 Å². The zero-order chi connectivity index (χ0) is 28.8. The Balaban J connectivity index is 1.38. The predicted molar refractivity (Wildman–Crippen MR) is 140 cm³/mol. The van der Waals surface area contributed by atoms with Gasteiger partial charge in [-0.15, -0.1) is 5.10 Å². The van der Waals surface area contributed by atoms with E-state index in [0.717, 1.165) is 19.3 Å². The first-order chi connectivity index (χ1) is 19.1. The van der Waals surface area contributed by atoms with E-state index < -0.39 is 11.1 Å². The molecule has 13 heteroatoms. The smallest absolute Gasteiger partial charge is 0.489 e. The lowest BCUT2D eigenvalue weighted by atomic mass is 9.87. The van der Waals surface area contributed by atoms with E-state index in [2.05, 4.69) is 15.3 Å². The maximum absolute atomic E-state index is 12.4. The number of hydrogen-bond donors (Lipinski definition) is 0. The number of carbonyl (C=O) groups excluding carboxylic acids is 2. The van der Waals surface area contributed by atoms with Crippen molar-refractivity contribution >= 4 is 17.8 Å². The van der Waals surface area contributed by atoms with Crippen LogP contribution in [0.2, 0.25) is 0 Å². The molecule has 4 rings (SSSR count). The van der Waals surface area contributed by atoms with Crippen LogP contribution in [0.25, 0.3) is 11.4 Å². The Morgan fingerprint density at radius 3 is 2.58 bits per heavy atom. The summed E-state index contributed by atoms with van der Waals surface area (Å²) in [5.41, 5.74) is 1.94. The molecule has 0 amide bonds. The zero-order valence-corrected chi connectivity index (χ0v) is 22.7. The highest BCUT2D eigenvalue weighted by molar-refractivity contribution is 5.72. The Hall–Kier alpha value is -4.55. The van der Waals surface area contributed by atoms with Crippen molar-refractivity contribution in [2.45, 2.75) is 65.3 Å². The second kappa shape index (κ2) is 12.5. The molecule has 2 atom stereocenters. The molecule has 1 fully saturated rings. The summed E-state index contributed by atoms with van der Waals surface area (Å²) in [6.07, 6.45) is 1.85. The van der Waals surface area contributed by atoms with E-state index in [9.17, 15) is 19.7 Å². The van der Waals surface area contributed by atoms with Crippen LogP contribution >= 0.6 is 0 Å². The van der Waals surface area contributed by atoms with Crippen molar-refractivity contribution in [1.82, 2.24) is 20.0 Å². The molecule has 212 valence electrons. The SMILES string of the molecule is Cc1nc(-c2nnn(C)c2COC(=O)Oc2ccc([N+](=O)[O-])cc2)ccc1O[C@H]1CCC[C@H](C(=O)OC(C)C)C1. The molecule has 0 saturated heterocycles. The lowest BCUT2D eigenvalue weighted by molar-refractivity contribution is -0.384. The van der Waals surface area contributed by atoms with Gasteiger partial charge in [0.05, 0.1) is 34.4 Å².